The van der Waals surface area contributed by atoms with Crippen molar-refractivity contribution in [2.75, 3.05) is 0 Å². The molecule has 0 saturated carbocycles. The lowest BCUT2D eigenvalue weighted by Gasteiger charge is -2.10. The molecule has 0 unspecified atom stereocenters. The average molecular weight is 296 g/mol. The molecule has 2 aromatic rings. The van der Waals surface area contributed by atoms with E-state index in [4.69, 9.17) is 5.11 Å². The molecule has 0 aliphatic carbocycles. The highest BCUT2D eigenvalue weighted by atomic mass is 19.4. The van der Waals surface area contributed by atoms with Gasteiger partial charge in [0.25, 0.3) is 0 Å². The summed E-state index contributed by atoms with van der Waals surface area (Å²) in [6, 6.07) is 7.17. The van der Waals surface area contributed by atoms with E-state index in [1.165, 1.54) is 0 Å². The predicted octanol–water partition coefficient (Wildman–Crippen LogP) is 3.09. The highest BCUT2D eigenvalue weighted by molar-refractivity contribution is 5.88. The second-order valence-electron chi connectivity index (χ2n) is 4.51. The number of aromatic carboxylic acids is 1. The Labute approximate surface area is 118 Å². The number of carboxylic acids is 1. The summed E-state index contributed by atoms with van der Waals surface area (Å²) in [7, 11) is 0. The van der Waals surface area contributed by atoms with E-state index in [1.807, 2.05) is 19.1 Å². The molecule has 4 nitrogen and oxygen atoms in total. The highest BCUT2D eigenvalue weighted by Crippen LogP contribution is 2.30. The molecule has 1 heterocycles. The van der Waals surface area contributed by atoms with Crippen molar-refractivity contribution in [3.05, 3.63) is 58.7 Å². The van der Waals surface area contributed by atoms with Gasteiger partial charge in [0, 0.05) is 12.6 Å². The summed E-state index contributed by atoms with van der Waals surface area (Å²) < 4.78 is 38.5. The standard InChI is InChI=1S/C14H11F3N2O2/c1-8-2-4-9(5-3-8)6-11-18-7-10(13(20)21)12(19-11)14(15,16)17/h2-5,7H,6H2,1H3,(H,20,21). The van der Waals surface area contributed by atoms with E-state index in [2.05, 4.69) is 9.97 Å². The van der Waals surface area contributed by atoms with Crippen LogP contribution in [0, 0.1) is 6.92 Å². The Bertz CT molecular complexity index is 667. The summed E-state index contributed by atoms with van der Waals surface area (Å²) in [6.45, 7) is 1.89. The Kier molecular flexibility index (Phi) is 3.93. The first-order valence-electron chi connectivity index (χ1n) is 5.99. The van der Waals surface area contributed by atoms with Crippen LogP contribution in [0.25, 0.3) is 0 Å². The molecule has 1 aromatic heterocycles. The smallest absolute Gasteiger partial charge is 0.434 e. The monoisotopic (exact) mass is 296 g/mol. The number of hydrogen-bond acceptors (Lipinski definition) is 3. The zero-order chi connectivity index (χ0) is 15.6. The van der Waals surface area contributed by atoms with Crippen LogP contribution in [0.5, 0.6) is 0 Å². The lowest BCUT2D eigenvalue weighted by atomic mass is 10.1. The summed E-state index contributed by atoms with van der Waals surface area (Å²) in [5.74, 6) is -1.78. The molecule has 2 rings (SSSR count). The van der Waals surface area contributed by atoms with Gasteiger partial charge in [-0.25, -0.2) is 14.8 Å². The molecule has 21 heavy (non-hydrogen) atoms. The van der Waals surface area contributed by atoms with E-state index >= 15 is 0 Å². The summed E-state index contributed by atoms with van der Waals surface area (Å²) in [5.41, 5.74) is -0.601. The third-order valence-corrected chi connectivity index (χ3v) is 2.82. The molecular formula is C14H11F3N2O2. The Morgan fingerprint density at radius 3 is 2.38 bits per heavy atom. The molecule has 0 aliphatic heterocycles. The van der Waals surface area contributed by atoms with Gasteiger partial charge in [-0.15, -0.1) is 0 Å². The van der Waals surface area contributed by atoms with Gasteiger partial charge in [-0.3, -0.25) is 0 Å². The van der Waals surface area contributed by atoms with E-state index in [9.17, 15) is 18.0 Å². The number of nitrogens with zero attached hydrogens (tertiary/aromatic N) is 2. The van der Waals surface area contributed by atoms with Gasteiger partial charge in [0.1, 0.15) is 11.4 Å². The van der Waals surface area contributed by atoms with Gasteiger partial charge in [-0.05, 0) is 12.5 Å². The number of aromatic nitrogens is 2. The molecule has 7 heteroatoms. The largest absolute Gasteiger partial charge is 0.478 e. The lowest BCUT2D eigenvalue weighted by molar-refractivity contribution is -0.141. The average Bonchev–Trinajstić information content (AvgIpc) is 2.40. The van der Waals surface area contributed by atoms with Crippen LogP contribution in [0.4, 0.5) is 13.2 Å². The SMILES string of the molecule is Cc1ccc(Cc2ncc(C(=O)O)c(C(F)(F)F)n2)cc1. The summed E-state index contributed by atoms with van der Waals surface area (Å²) in [5, 5.41) is 8.76. The van der Waals surface area contributed by atoms with Gasteiger partial charge in [0.15, 0.2) is 5.69 Å². The van der Waals surface area contributed by atoms with Crippen molar-refractivity contribution in [3.63, 3.8) is 0 Å². The molecule has 1 N–H and O–H groups in total. The molecule has 0 radical (unpaired) electrons. The van der Waals surface area contributed by atoms with Crippen LogP contribution in [0.1, 0.15) is 33.0 Å². The number of halogens is 3. The lowest BCUT2D eigenvalue weighted by Crippen LogP contribution is -2.17. The molecule has 0 atom stereocenters. The third kappa shape index (κ3) is 3.56. The van der Waals surface area contributed by atoms with Gasteiger partial charge < -0.3 is 5.11 Å². The Balaban J connectivity index is 2.38. The molecule has 0 bridgehead atoms. The Morgan fingerprint density at radius 2 is 1.86 bits per heavy atom. The van der Waals surface area contributed by atoms with E-state index in [-0.39, 0.29) is 12.2 Å². The number of rotatable bonds is 3. The van der Waals surface area contributed by atoms with E-state index in [0.29, 0.717) is 6.20 Å². The van der Waals surface area contributed by atoms with Crippen LogP contribution in [-0.4, -0.2) is 21.0 Å². The number of benzene rings is 1. The maximum atomic E-state index is 12.8. The summed E-state index contributed by atoms with van der Waals surface area (Å²) in [6.07, 6.45) is -4.04. The van der Waals surface area contributed by atoms with E-state index in [0.717, 1.165) is 11.1 Å². The summed E-state index contributed by atoms with van der Waals surface area (Å²) in [4.78, 5) is 17.9. The van der Waals surface area contributed by atoms with Gasteiger partial charge in [0.05, 0.1) is 0 Å². The number of alkyl halides is 3. The van der Waals surface area contributed by atoms with Crippen LogP contribution in [-0.2, 0) is 12.6 Å². The molecule has 0 aliphatic rings. The maximum Gasteiger partial charge on any atom is 0.434 e. The molecule has 110 valence electrons. The van der Waals surface area contributed by atoms with Crippen molar-refractivity contribution in [2.45, 2.75) is 19.5 Å². The normalized spacial score (nSPS) is 11.4. The fourth-order valence-corrected chi connectivity index (χ4v) is 1.76. The first kappa shape index (κ1) is 15.0. The molecule has 0 saturated heterocycles. The van der Waals surface area contributed by atoms with Crippen molar-refractivity contribution < 1.29 is 23.1 Å². The third-order valence-electron chi connectivity index (χ3n) is 2.82. The topological polar surface area (TPSA) is 63.1 Å². The van der Waals surface area contributed by atoms with Crippen LogP contribution in [0.15, 0.2) is 30.5 Å². The first-order chi connectivity index (χ1) is 9.77. The predicted molar refractivity (Wildman–Crippen MR) is 68.0 cm³/mol. The molecule has 0 spiro atoms. The number of carbonyl (C=O) groups is 1. The van der Waals surface area contributed by atoms with Gasteiger partial charge >= 0.3 is 12.1 Å². The first-order valence-corrected chi connectivity index (χ1v) is 5.99. The molecule has 0 amide bonds. The maximum absolute atomic E-state index is 12.8. The van der Waals surface area contributed by atoms with Crippen LogP contribution >= 0.6 is 0 Å². The zero-order valence-corrected chi connectivity index (χ0v) is 11.0. The van der Waals surface area contributed by atoms with Crippen molar-refractivity contribution in [3.8, 4) is 0 Å². The second kappa shape index (κ2) is 5.51. The molecule has 1 aromatic carbocycles. The van der Waals surface area contributed by atoms with Crippen molar-refractivity contribution in [1.82, 2.24) is 9.97 Å². The molecular weight excluding hydrogens is 285 g/mol. The van der Waals surface area contributed by atoms with Crippen LogP contribution < -0.4 is 0 Å². The quantitative estimate of drug-likeness (QED) is 0.945. The number of hydrogen-bond donors (Lipinski definition) is 1. The van der Waals surface area contributed by atoms with E-state index in [1.54, 1.807) is 12.1 Å². The Hall–Kier alpha value is -2.44. The van der Waals surface area contributed by atoms with Crippen molar-refractivity contribution in [1.29, 1.82) is 0 Å². The zero-order valence-electron chi connectivity index (χ0n) is 11.0. The van der Waals surface area contributed by atoms with E-state index < -0.39 is 23.4 Å². The highest BCUT2D eigenvalue weighted by Gasteiger charge is 2.38. The van der Waals surface area contributed by atoms with Crippen molar-refractivity contribution >= 4 is 5.97 Å². The summed E-state index contributed by atoms with van der Waals surface area (Å²) >= 11 is 0. The van der Waals surface area contributed by atoms with Crippen LogP contribution in [0.2, 0.25) is 0 Å². The van der Waals surface area contributed by atoms with Crippen molar-refractivity contribution in [2.24, 2.45) is 0 Å². The Morgan fingerprint density at radius 1 is 1.24 bits per heavy atom. The van der Waals surface area contributed by atoms with Gasteiger partial charge in [-0.1, -0.05) is 29.8 Å². The molecule has 0 fully saturated rings. The van der Waals surface area contributed by atoms with Crippen LogP contribution in [0.3, 0.4) is 0 Å². The second-order valence-corrected chi connectivity index (χ2v) is 4.51. The van der Waals surface area contributed by atoms with Gasteiger partial charge in [0.2, 0.25) is 0 Å². The fraction of sp³-hybridized carbons (Fsp3) is 0.214. The minimum Gasteiger partial charge on any atom is -0.478 e. The number of aryl methyl sites for hydroxylation is 1. The minimum atomic E-state index is -4.83. The minimum absolute atomic E-state index is 0.0730. The fourth-order valence-electron chi connectivity index (χ4n) is 1.76. The van der Waals surface area contributed by atoms with Gasteiger partial charge in [-0.2, -0.15) is 13.2 Å². The number of carboxylic acid groups (broad SMARTS) is 1.